The van der Waals surface area contributed by atoms with Gasteiger partial charge < -0.3 is 4.74 Å². The zero-order chi connectivity index (χ0) is 21.1. The van der Waals surface area contributed by atoms with E-state index >= 15 is 0 Å². The van der Waals surface area contributed by atoms with E-state index in [9.17, 15) is 26.7 Å². The number of fused-ring (bicyclic) bond motifs is 1. The SMILES string of the molecule is Cc1c(F)c(F)c(-c2cc3c(cc2F)OC(F)(F)C(=O)N3C(C)C)c(P)c1I. The zero-order valence-corrected chi connectivity index (χ0v) is 18.2. The van der Waals surface area contributed by atoms with Crippen LogP contribution in [0.3, 0.4) is 0 Å². The molecule has 3 nitrogen and oxygen atoms in total. The summed E-state index contributed by atoms with van der Waals surface area (Å²) in [4.78, 5) is 12.8. The molecule has 0 saturated heterocycles. The van der Waals surface area contributed by atoms with Crippen LogP contribution >= 0.6 is 31.8 Å². The number of benzene rings is 2. The summed E-state index contributed by atoms with van der Waals surface area (Å²) in [5.74, 6) is -5.68. The highest BCUT2D eigenvalue weighted by Gasteiger charge is 2.51. The van der Waals surface area contributed by atoms with Crippen LogP contribution < -0.4 is 14.9 Å². The molecule has 0 aliphatic carbocycles. The first-order valence-corrected chi connectivity index (χ1v) is 9.71. The van der Waals surface area contributed by atoms with Gasteiger partial charge in [0, 0.05) is 32.4 Å². The van der Waals surface area contributed by atoms with Crippen molar-refractivity contribution >= 4 is 48.7 Å². The molecule has 1 amide bonds. The molecule has 1 aliphatic heterocycles. The van der Waals surface area contributed by atoms with Crippen molar-refractivity contribution in [2.45, 2.75) is 32.9 Å². The molecule has 0 N–H and O–H groups in total. The Morgan fingerprint density at radius 3 is 2.36 bits per heavy atom. The fourth-order valence-electron chi connectivity index (χ4n) is 3.01. The summed E-state index contributed by atoms with van der Waals surface area (Å²) in [5, 5.41) is 0.209. The quantitative estimate of drug-likeness (QED) is 0.240. The third kappa shape index (κ3) is 3.16. The summed E-state index contributed by atoms with van der Waals surface area (Å²) < 4.78 is 76.1. The average molecular weight is 529 g/mol. The van der Waals surface area contributed by atoms with Crippen LogP contribution in [0.25, 0.3) is 11.1 Å². The van der Waals surface area contributed by atoms with E-state index in [2.05, 4.69) is 14.0 Å². The minimum Gasteiger partial charge on any atom is -0.423 e. The first-order valence-electron chi connectivity index (χ1n) is 8.05. The van der Waals surface area contributed by atoms with Crippen molar-refractivity contribution in [3.8, 4) is 16.9 Å². The van der Waals surface area contributed by atoms with E-state index in [1.165, 1.54) is 20.8 Å². The minimum absolute atomic E-state index is 0.0622. The Hall–Kier alpha value is -1.48. The van der Waals surface area contributed by atoms with E-state index in [1.807, 2.05) is 0 Å². The number of carbonyl (C=O) groups excluding carboxylic acids is 1. The third-order valence-electron chi connectivity index (χ3n) is 4.38. The Morgan fingerprint density at radius 2 is 1.79 bits per heavy atom. The van der Waals surface area contributed by atoms with Crippen molar-refractivity contribution in [3.63, 3.8) is 0 Å². The molecule has 2 aromatic rings. The standard InChI is InChI=1S/C18H14F5INO2P/c1-6(2)25-10-4-8(9(19)5-11(10)27-18(22,23)17(25)26)12-14(21)13(20)7(3)15(24)16(12)28/h4-6H,28H2,1-3H3. The van der Waals surface area contributed by atoms with Crippen molar-refractivity contribution in [1.29, 1.82) is 0 Å². The second-order valence-electron chi connectivity index (χ2n) is 6.54. The van der Waals surface area contributed by atoms with Crippen LogP contribution in [-0.4, -0.2) is 18.1 Å². The van der Waals surface area contributed by atoms with Crippen LogP contribution in [0, 0.1) is 27.9 Å². The Labute approximate surface area is 173 Å². The first kappa shape index (κ1) is 21.2. The Kier molecular flexibility index (Phi) is 5.38. The molecule has 1 unspecified atom stereocenters. The first-order chi connectivity index (χ1) is 12.9. The van der Waals surface area contributed by atoms with E-state index < -0.39 is 41.3 Å². The maximum absolute atomic E-state index is 14.7. The molecule has 0 spiro atoms. The third-order valence-corrected chi connectivity index (χ3v) is 6.93. The number of anilines is 1. The molecule has 0 radical (unpaired) electrons. The highest BCUT2D eigenvalue weighted by molar-refractivity contribution is 14.1. The van der Waals surface area contributed by atoms with Gasteiger partial charge in [0.2, 0.25) is 0 Å². The maximum Gasteiger partial charge on any atom is 0.482 e. The van der Waals surface area contributed by atoms with Crippen LogP contribution in [0.5, 0.6) is 5.75 Å². The maximum atomic E-state index is 14.7. The lowest BCUT2D eigenvalue weighted by molar-refractivity contribution is -0.193. The average Bonchev–Trinajstić information content (AvgIpc) is 2.60. The predicted octanol–water partition coefficient (Wildman–Crippen LogP) is 4.91. The van der Waals surface area contributed by atoms with Crippen LogP contribution in [0.15, 0.2) is 12.1 Å². The Balaban J connectivity index is 2.33. The topological polar surface area (TPSA) is 29.5 Å². The van der Waals surface area contributed by atoms with E-state index in [0.717, 1.165) is 11.0 Å². The molecule has 28 heavy (non-hydrogen) atoms. The fraction of sp³-hybridized carbons (Fsp3) is 0.278. The predicted molar refractivity (Wildman–Crippen MR) is 107 cm³/mol. The largest absolute Gasteiger partial charge is 0.482 e. The number of nitrogens with zero attached hydrogens (tertiary/aromatic N) is 1. The van der Waals surface area contributed by atoms with Crippen molar-refractivity contribution in [1.82, 2.24) is 0 Å². The molecule has 0 saturated carbocycles. The second-order valence-corrected chi connectivity index (χ2v) is 8.20. The van der Waals surface area contributed by atoms with Gasteiger partial charge in [0.15, 0.2) is 17.4 Å². The number of ether oxygens (including phenoxy) is 1. The molecule has 10 heteroatoms. The van der Waals surface area contributed by atoms with Gasteiger partial charge in [-0.25, -0.2) is 13.2 Å². The summed E-state index contributed by atoms with van der Waals surface area (Å²) in [6.45, 7) is 4.36. The normalized spacial score (nSPS) is 15.7. The number of rotatable bonds is 2. The van der Waals surface area contributed by atoms with Crippen LogP contribution in [0.1, 0.15) is 19.4 Å². The number of amides is 1. The van der Waals surface area contributed by atoms with Gasteiger partial charge in [-0.15, -0.1) is 9.24 Å². The number of hydrogen-bond donors (Lipinski definition) is 0. The van der Waals surface area contributed by atoms with Gasteiger partial charge in [-0.05, 0) is 54.7 Å². The van der Waals surface area contributed by atoms with E-state index in [0.29, 0.717) is 9.64 Å². The summed E-state index contributed by atoms with van der Waals surface area (Å²) in [7, 11) is 2.23. The summed E-state index contributed by atoms with van der Waals surface area (Å²) in [6.07, 6.45) is -4.16. The van der Waals surface area contributed by atoms with Gasteiger partial charge >= 0.3 is 12.0 Å². The van der Waals surface area contributed by atoms with Gasteiger partial charge in [0.25, 0.3) is 0 Å². The van der Waals surface area contributed by atoms with Crippen molar-refractivity contribution < 1.29 is 31.5 Å². The van der Waals surface area contributed by atoms with E-state index in [1.54, 1.807) is 22.6 Å². The van der Waals surface area contributed by atoms with Crippen LogP contribution in [0.2, 0.25) is 0 Å². The molecule has 1 heterocycles. The number of halogens is 6. The van der Waals surface area contributed by atoms with Gasteiger partial charge in [-0.1, -0.05) is 0 Å². The van der Waals surface area contributed by atoms with E-state index in [4.69, 9.17) is 0 Å². The molecule has 1 atom stereocenters. The molecule has 0 bridgehead atoms. The molecule has 150 valence electrons. The molecule has 1 aliphatic rings. The van der Waals surface area contributed by atoms with Crippen molar-refractivity contribution in [2.24, 2.45) is 0 Å². The van der Waals surface area contributed by atoms with Gasteiger partial charge in [0.1, 0.15) is 5.82 Å². The van der Waals surface area contributed by atoms with Gasteiger partial charge in [0.05, 0.1) is 5.69 Å². The highest BCUT2D eigenvalue weighted by Crippen LogP contribution is 2.44. The van der Waals surface area contributed by atoms with Crippen LogP contribution in [-0.2, 0) is 4.79 Å². The smallest absolute Gasteiger partial charge is 0.423 e. The lowest BCUT2D eigenvalue weighted by Gasteiger charge is -2.36. The fourth-order valence-corrected chi connectivity index (χ4v) is 4.02. The number of hydrogen-bond acceptors (Lipinski definition) is 2. The lowest BCUT2D eigenvalue weighted by atomic mass is 9.99. The summed E-state index contributed by atoms with van der Waals surface area (Å²) in [5.41, 5.74) is -0.828. The zero-order valence-electron chi connectivity index (χ0n) is 14.8. The van der Waals surface area contributed by atoms with Gasteiger partial charge in [-0.2, -0.15) is 8.78 Å². The molecular weight excluding hydrogens is 515 g/mol. The second kappa shape index (κ2) is 7.09. The highest BCUT2D eigenvalue weighted by atomic mass is 127. The summed E-state index contributed by atoms with van der Waals surface area (Å²) in [6, 6.07) is 0.956. The molecule has 3 rings (SSSR count). The Morgan fingerprint density at radius 1 is 1.18 bits per heavy atom. The van der Waals surface area contributed by atoms with Crippen molar-refractivity contribution in [3.05, 3.63) is 38.7 Å². The molecule has 2 aromatic carbocycles. The number of alkyl halides is 2. The lowest BCUT2D eigenvalue weighted by Crippen LogP contribution is -2.53. The molecule has 0 aromatic heterocycles. The number of carbonyl (C=O) groups is 1. The van der Waals surface area contributed by atoms with Crippen molar-refractivity contribution in [2.75, 3.05) is 4.90 Å². The molecular formula is C18H14F5INO2P. The molecule has 0 fully saturated rings. The monoisotopic (exact) mass is 529 g/mol. The minimum atomic E-state index is -4.16. The Bertz CT molecular complexity index is 983. The van der Waals surface area contributed by atoms with Crippen LogP contribution in [0.4, 0.5) is 27.6 Å². The van der Waals surface area contributed by atoms with E-state index in [-0.39, 0.29) is 27.7 Å². The van der Waals surface area contributed by atoms with Gasteiger partial charge in [-0.3, -0.25) is 9.69 Å². The summed E-state index contributed by atoms with van der Waals surface area (Å²) >= 11 is 1.80.